The molecule has 4 aromatic rings. The average molecular weight is 414 g/mol. The van der Waals surface area contributed by atoms with Crippen LogP contribution in [0.25, 0.3) is 21.6 Å². The van der Waals surface area contributed by atoms with Crippen molar-refractivity contribution in [1.82, 2.24) is 24.7 Å². The molecular formula is C19H19N5O2S2. The largest absolute Gasteiger partial charge is 0.497 e. The zero-order chi connectivity index (χ0) is 19.8. The molecule has 0 aliphatic carbocycles. The van der Waals surface area contributed by atoms with Gasteiger partial charge >= 0.3 is 0 Å². The van der Waals surface area contributed by atoms with Crippen LogP contribution in [0.15, 0.2) is 34.2 Å². The van der Waals surface area contributed by atoms with Crippen LogP contribution < -0.4 is 10.3 Å². The summed E-state index contributed by atoms with van der Waals surface area (Å²) < 4.78 is 7.21. The van der Waals surface area contributed by atoms with Crippen molar-refractivity contribution >= 4 is 33.3 Å². The normalized spacial score (nSPS) is 11.3. The Bertz CT molecular complexity index is 1230. The average Bonchev–Trinajstić information content (AvgIpc) is 3.19. The van der Waals surface area contributed by atoms with Gasteiger partial charge in [-0.05, 0) is 31.5 Å². The van der Waals surface area contributed by atoms with E-state index in [9.17, 15) is 4.79 Å². The molecular weight excluding hydrogens is 394 g/mol. The monoisotopic (exact) mass is 413 g/mol. The summed E-state index contributed by atoms with van der Waals surface area (Å²) in [4.78, 5) is 21.8. The molecule has 0 unspecified atom stereocenters. The van der Waals surface area contributed by atoms with Crippen LogP contribution in [-0.4, -0.2) is 31.8 Å². The Hall–Kier alpha value is -2.65. The summed E-state index contributed by atoms with van der Waals surface area (Å²) in [7, 11) is 3.56. The first kappa shape index (κ1) is 18.7. The van der Waals surface area contributed by atoms with Gasteiger partial charge in [0.1, 0.15) is 16.4 Å². The maximum Gasteiger partial charge on any atom is 0.259 e. The lowest BCUT2D eigenvalue weighted by molar-refractivity contribution is 0.415. The number of fused-ring (bicyclic) bond motifs is 1. The second-order valence-electron chi connectivity index (χ2n) is 6.36. The van der Waals surface area contributed by atoms with Crippen molar-refractivity contribution in [1.29, 1.82) is 0 Å². The molecule has 0 aliphatic rings. The standard InChI is InChI=1S/C19H19N5O2S2/c1-10-11(2)28-18-15(10)17(25)20-14(21-18)9-27-19-23-22-16(24(19)3)12-6-5-7-13(8-12)26-4/h5-8H,9H2,1-4H3,(H,20,21,25). The van der Waals surface area contributed by atoms with E-state index in [0.29, 0.717) is 17.0 Å². The molecule has 144 valence electrons. The number of ether oxygens (including phenoxy) is 1. The van der Waals surface area contributed by atoms with Crippen molar-refractivity contribution in [3.8, 4) is 17.1 Å². The van der Waals surface area contributed by atoms with E-state index in [1.54, 1.807) is 18.4 Å². The number of H-pyrrole nitrogens is 1. The van der Waals surface area contributed by atoms with Crippen LogP contribution in [0.5, 0.6) is 5.75 Å². The second kappa shape index (κ2) is 7.40. The van der Waals surface area contributed by atoms with Crippen LogP contribution in [0.1, 0.15) is 16.3 Å². The van der Waals surface area contributed by atoms with Gasteiger partial charge in [-0.3, -0.25) is 4.79 Å². The molecule has 0 bridgehead atoms. The highest BCUT2D eigenvalue weighted by Crippen LogP contribution is 2.28. The van der Waals surface area contributed by atoms with Crippen molar-refractivity contribution in [3.63, 3.8) is 0 Å². The summed E-state index contributed by atoms with van der Waals surface area (Å²) in [5.74, 6) is 2.66. The Morgan fingerprint density at radius 3 is 2.89 bits per heavy atom. The van der Waals surface area contributed by atoms with E-state index in [0.717, 1.165) is 37.6 Å². The summed E-state index contributed by atoms with van der Waals surface area (Å²) >= 11 is 3.04. The third-order valence-electron chi connectivity index (χ3n) is 4.59. The summed E-state index contributed by atoms with van der Waals surface area (Å²) in [6, 6.07) is 7.70. The first-order valence-corrected chi connectivity index (χ1v) is 10.4. The molecule has 0 fully saturated rings. The molecule has 1 N–H and O–H groups in total. The third kappa shape index (κ3) is 3.31. The number of nitrogens with one attached hydrogen (secondary N) is 1. The molecule has 3 aromatic heterocycles. The molecule has 9 heteroatoms. The lowest BCUT2D eigenvalue weighted by Crippen LogP contribution is -2.11. The summed E-state index contributed by atoms with van der Waals surface area (Å²) in [5, 5.41) is 10.0. The van der Waals surface area contributed by atoms with Gasteiger partial charge in [0.2, 0.25) is 0 Å². The highest BCUT2D eigenvalue weighted by molar-refractivity contribution is 7.98. The maximum absolute atomic E-state index is 12.4. The van der Waals surface area contributed by atoms with E-state index >= 15 is 0 Å². The van der Waals surface area contributed by atoms with Crippen LogP contribution >= 0.6 is 23.1 Å². The molecule has 7 nitrogen and oxygen atoms in total. The van der Waals surface area contributed by atoms with Gasteiger partial charge in [-0.1, -0.05) is 23.9 Å². The van der Waals surface area contributed by atoms with Crippen molar-refractivity contribution < 1.29 is 4.74 Å². The Morgan fingerprint density at radius 2 is 2.11 bits per heavy atom. The molecule has 0 spiro atoms. The number of nitrogens with zero attached hydrogens (tertiary/aromatic N) is 4. The maximum atomic E-state index is 12.4. The Morgan fingerprint density at radius 1 is 1.29 bits per heavy atom. The number of hydrogen-bond acceptors (Lipinski definition) is 7. The van der Waals surface area contributed by atoms with Crippen LogP contribution in [0.3, 0.4) is 0 Å². The minimum Gasteiger partial charge on any atom is -0.497 e. The van der Waals surface area contributed by atoms with Crippen molar-refractivity contribution in [2.75, 3.05) is 7.11 Å². The molecule has 0 saturated heterocycles. The number of aromatic nitrogens is 5. The zero-order valence-corrected chi connectivity index (χ0v) is 17.6. The lowest BCUT2D eigenvalue weighted by atomic mass is 10.2. The van der Waals surface area contributed by atoms with Gasteiger partial charge in [-0.15, -0.1) is 21.5 Å². The predicted octanol–water partition coefficient (Wildman–Crippen LogP) is 3.70. The SMILES string of the molecule is COc1cccc(-c2nnc(SCc3nc4sc(C)c(C)c4c(=O)[nH]3)n2C)c1. The topological polar surface area (TPSA) is 85.7 Å². The Balaban J connectivity index is 1.58. The van der Waals surface area contributed by atoms with Gasteiger partial charge in [0.15, 0.2) is 11.0 Å². The number of thioether (sulfide) groups is 1. The molecule has 1 aromatic carbocycles. The molecule has 0 atom stereocenters. The van der Waals surface area contributed by atoms with Crippen molar-refractivity contribution in [2.45, 2.75) is 24.8 Å². The Labute approximate surface area is 169 Å². The van der Waals surface area contributed by atoms with Crippen LogP contribution in [0.2, 0.25) is 0 Å². The van der Waals surface area contributed by atoms with Gasteiger partial charge in [0.05, 0.1) is 18.2 Å². The van der Waals surface area contributed by atoms with Gasteiger partial charge in [-0.25, -0.2) is 4.98 Å². The van der Waals surface area contributed by atoms with E-state index in [-0.39, 0.29) is 5.56 Å². The molecule has 0 aliphatic heterocycles. The molecule has 28 heavy (non-hydrogen) atoms. The van der Waals surface area contributed by atoms with Crippen molar-refractivity contribution in [2.24, 2.45) is 7.05 Å². The first-order valence-electron chi connectivity index (χ1n) is 8.63. The molecule has 3 heterocycles. The number of benzene rings is 1. The molecule has 0 amide bonds. The fourth-order valence-corrected chi connectivity index (χ4v) is 4.78. The second-order valence-corrected chi connectivity index (χ2v) is 8.51. The highest BCUT2D eigenvalue weighted by atomic mass is 32.2. The van der Waals surface area contributed by atoms with E-state index in [2.05, 4.69) is 20.2 Å². The van der Waals surface area contributed by atoms with E-state index in [1.165, 1.54) is 11.8 Å². The number of rotatable bonds is 5. The van der Waals surface area contributed by atoms with E-state index in [1.807, 2.05) is 49.7 Å². The van der Waals surface area contributed by atoms with Crippen LogP contribution in [-0.2, 0) is 12.8 Å². The van der Waals surface area contributed by atoms with E-state index in [4.69, 9.17) is 4.74 Å². The smallest absolute Gasteiger partial charge is 0.259 e. The fraction of sp³-hybridized carbons (Fsp3) is 0.263. The number of methoxy groups -OCH3 is 1. The van der Waals surface area contributed by atoms with Gasteiger partial charge < -0.3 is 14.3 Å². The van der Waals surface area contributed by atoms with Gasteiger partial charge in [0, 0.05) is 17.5 Å². The summed E-state index contributed by atoms with van der Waals surface area (Å²) in [6.07, 6.45) is 0. The van der Waals surface area contributed by atoms with Crippen LogP contribution in [0, 0.1) is 13.8 Å². The van der Waals surface area contributed by atoms with Gasteiger partial charge in [0.25, 0.3) is 5.56 Å². The number of hydrogen-bond donors (Lipinski definition) is 1. The van der Waals surface area contributed by atoms with Crippen molar-refractivity contribution in [3.05, 3.63) is 50.9 Å². The fourth-order valence-electron chi connectivity index (χ4n) is 2.95. The quantitative estimate of drug-likeness (QED) is 0.502. The molecule has 0 radical (unpaired) electrons. The molecule has 4 rings (SSSR count). The zero-order valence-electron chi connectivity index (χ0n) is 15.9. The minimum atomic E-state index is -0.0857. The third-order valence-corrected chi connectivity index (χ3v) is 6.72. The van der Waals surface area contributed by atoms with Crippen LogP contribution in [0.4, 0.5) is 0 Å². The predicted molar refractivity (Wildman–Crippen MR) is 112 cm³/mol. The summed E-state index contributed by atoms with van der Waals surface area (Å²) in [5.41, 5.74) is 1.85. The summed E-state index contributed by atoms with van der Waals surface area (Å²) in [6.45, 7) is 3.97. The number of thiophene rings is 1. The first-order chi connectivity index (χ1) is 13.5. The minimum absolute atomic E-state index is 0.0857. The molecule has 0 saturated carbocycles. The Kier molecular flexibility index (Phi) is 4.94. The number of aromatic amines is 1. The van der Waals surface area contributed by atoms with E-state index < -0.39 is 0 Å². The number of aryl methyl sites for hydroxylation is 2. The van der Waals surface area contributed by atoms with Gasteiger partial charge in [-0.2, -0.15) is 0 Å². The highest BCUT2D eigenvalue weighted by Gasteiger charge is 2.15. The lowest BCUT2D eigenvalue weighted by Gasteiger charge is -2.05.